The van der Waals surface area contributed by atoms with Gasteiger partial charge >= 0.3 is 5.97 Å². The summed E-state index contributed by atoms with van der Waals surface area (Å²) in [5.74, 6) is -1.57. The van der Waals surface area contributed by atoms with Crippen LogP contribution in [0.25, 0.3) is 5.76 Å². The lowest BCUT2D eigenvalue weighted by Crippen LogP contribution is -2.32. The Bertz CT molecular complexity index is 1210. The predicted octanol–water partition coefficient (Wildman–Crippen LogP) is 2.81. The number of nitrogens with one attached hydrogen (secondary N) is 1. The van der Waals surface area contributed by atoms with Gasteiger partial charge in [0.05, 0.1) is 32.9 Å². The number of ketones is 1. The number of carbonyl (C=O) groups is 3. The number of aliphatic hydroxyl groups is 1. The highest BCUT2D eigenvalue weighted by atomic mass is 16.5. The molecule has 2 heterocycles. The van der Waals surface area contributed by atoms with Crippen molar-refractivity contribution in [1.29, 1.82) is 0 Å². The molecule has 36 heavy (non-hydrogen) atoms. The topological polar surface area (TPSA) is 121 Å². The Balaban J connectivity index is 2.27. The average molecular weight is 500 g/mol. The van der Waals surface area contributed by atoms with Crippen molar-refractivity contribution in [3.05, 3.63) is 51.9 Å². The van der Waals surface area contributed by atoms with E-state index in [-0.39, 0.29) is 29.1 Å². The summed E-state index contributed by atoms with van der Waals surface area (Å²) in [6.07, 6.45) is 0.609. The zero-order chi connectivity index (χ0) is 26.7. The third-order valence-corrected chi connectivity index (χ3v) is 6.34. The molecule has 1 aromatic heterocycles. The van der Waals surface area contributed by atoms with E-state index in [1.807, 2.05) is 19.0 Å². The zero-order valence-electron chi connectivity index (χ0n) is 21.7. The van der Waals surface area contributed by atoms with Crippen LogP contribution in [0.3, 0.4) is 0 Å². The van der Waals surface area contributed by atoms with Crippen molar-refractivity contribution >= 4 is 23.4 Å². The molecule has 1 aliphatic rings. The number of esters is 1. The highest BCUT2D eigenvalue weighted by Crippen LogP contribution is 2.44. The lowest BCUT2D eigenvalue weighted by Gasteiger charge is -2.27. The molecule has 0 aliphatic carbocycles. The van der Waals surface area contributed by atoms with E-state index in [2.05, 4.69) is 4.98 Å². The first kappa shape index (κ1) is 26.8. The van der Waals surface area contributed by atoms with Crippen molar-refractivity contribution in [2.45, 2.75) is 26.3 Å². The molecule has 1 aliphatic heterocycles. The quantitative estimate of drug-likeness (QED) is 0.234. The maximum absolute atomic E-state index is 13.4. The van der Waals surface area contributed by atoms with Crippen LogP contribution in [0.4, 0.5) is 0 Å². The van der Waals surface area contributed by atoms with Crippen LogP contribution < -0.4 is 9.47 Å². The standard InChI is InChI=1S/C26H33N3O7/c1-14-19(15(2)27-21(14)26(33)36-7)23(30)20-22(17-13-16(34-5)9-10-18(17)35-6)29(25(32)24(20)31)12-8-11-28(3)4/h9-10,13,22,27,30H,8,11-12H2,1-7H3/t22-/m0/s1. The van der Waals surface area contributed by atoms with Crippen molar-refractivity contribution in [3.63, 3.8) is 0 Å². The fraction of sp³-hybridized carbons (Fsp3) is 0.423. The third-order valence-electron chi connectivity index (χ3n) is 6.34. The Labute approximate surface area is 210 Å². The number of ether oxygens (including phenoxy) is 3. The summed E-state index contributed by atoms with van der Waals surface area (Å²) in [5, 5.41) is 11.5. The van der Waals surface area contributed by atoms with Gasteiger partial charge in [0.1, 0.15) is 23.0 Å². The number of likely N-dealkylation sites (tertiary alicyclic amines) is 1. The number of H-pyrrole nitrogens is 1. The maximum atomic E-state index is 13.4. The molecule has 0 radical (unpaired) electrons. The Morgan fingerprint density at radius 2 is 1.83 bits per heavy atom. The molecule has 0 spiro atoms. The molecule has 0 bridgehead atoms. The zero-order valence-corrected chi connectivity index (χ0v) is 21.7. The Morgan fingerprint density at radius 1 is 1.14 bits per heavy atom. The second-order valence-corrected chi connectivity index (χ2v) is 8.87. The summed E-state index contributed by atoms with van der Waals surface area (Å²) in [4.78, 5) is 45.2. The minimum Gasteiger partial charge on any atom is -0.507 e. The van der Waals surface area contributed by atoms with E-state index in [1.54, 1.807) is 32.0 Å². The Morgan fingerprint density at radius 3 is 2.42 bits per heavy atom. The molecule has 1 saturated heterocycles. The lowest BCUT2D eigenvalue weighted by atomic mass is 9.93. The largest absolute Gasteiger partial charge is 0.507 e. The van der Waals surface area contributed by atoms with Gasteiger partial charge in [-0.25, -0.2) is 4.79 Å². The summed E-state index contributed by atoms with van der Waals surface area (Å²) in [7, 11) is 8.11. The van der Waals surface area contributed by atoms with E-state index >= 15 is 0 Å². The summed E-state index contributed by atoms with van der Waals surface area (Å²) >= 11 is 0. The van der Waals surface area contributed by atoms with Crippen molar-refractivity contribution in [2.24, 2.45) is 0 Å². The summed E-state index contributed by atoms with van der Waals surface area (Å²) in [6, 6.07) is 4.17. The number of rotatable bonds is 9. The first-order valence-corrected chi connectivity index (χ1v) is 11.5. The molecule has 1 atom stereocenters. The summed E-state index contributed by atoms with van der Waals surface area (Å²) in [6.45, 7) is 4.29. The van der Waals surface area contributed by atoms with E-state index in [0.717, 1.165) is 0 Å². The van der Waals surface area contributed by atoms with Gasteiger partial charge in [-0.05, 0) is 64.7 Å². The fourth-order valence-electron chi connectivity index (χ4n) is 4.59. The van der Waals surface area contributed by atoms with E-state index in [1.165, 1.54) is 26.2 Å². The van der Waals surface area contributed by atoms with Gasteiger partial charge in [0, 0.05) is 23.4 Å². The second kappa shape index (κ2) is 10.9. The summed E-state index contributed by atoms with van der Waals surface area (Å²) in [5.41, 5.74) is 1.72. The number of aryl methyl sites for hydroxylation is 1. The van der Waals surface area contributed by atoms with Crippen LogP contribution in [0.2, 0.25) is 0 Å². The van der Waals surface area contributed by atoms with Crippen LogP contribution in [0.5, 0.6) is 11.5 Å². The molecule has 2 N–H and O–H groups in total. The number of nitrogens with zero attached hydrogens (tertiary/aromatic N) is 2. The molecule has 10 nitrogen and oxygen atoms in total. The predicted molar refractivity (Wildman–Crippen MR) is 133 cm³/mol. The number of aliphatic hydroxyl groups excluding tert-OH is 1. The molecule has 3 rings (SSSR count). The van der Waals surface area contributed by atoms with Gasteiger partial charge in [0.25, 0.3) is 11.7 Å². The first-order valence-electron chi connectivity index (χ1n) is 11.5. The number of aromatic amines is 1. The average Bonchev–Trinajstić information content (AvgIpc) is 3.29. The molecular weight excluding hydrogens is 466 g/mol. The molecule has 10 heteroatoms. The number of Topliss-reactive ketones (excluding diaryl/α,β-unsaturated/α-hetero) is 1. The SMILES string of the molecule is COC(=O)c1[nH]c(C)c(C(O)=C2C(=O)C(=O)N(CCCN(C)C)[C@H]2c2cc(OC)ccc2OC)c1C. The normalized spacial score (nSPS) is 17.1. The van der Waals surface area contributed by atoms with Gasteiger partial charge in [-0.2, -0.15) is 0 Å². The number of hydrogen-bond donors (Lipinski definition) is 2. The third kappa shape index (κ3) is 4.81. The molecule has 1 fully saturated rings. The van der Waals surface area contributed by atoms with Crippen molar-refractivity contribution in [2.75, 3.05) is 48.5 Å². The van der Waals surface area contributed by atoms with Gasteiger partial charge in [-0.1, -0.05) is 0 Å². The summed E-state index contributed by atoms with van der Waals surface area (Å²) < 4.78 is 15.8. The minimum atomic E-state index is -0.924. The molecule has 0 unspecified atom stereocenters. The highest BCUT2D eigenvalue weighted by molar-refractivity contribution is 6.46. The smallest absolute Gasteiger partial charge is 0.354 e. The number of amides is 1. The van der Waals surface area contributed by atoms with E-state index in [9.17, 15) is 19.5 Å². The molecule has 1 aromatic carbocycles. The lowest BCUT2D eigenvalue weighted by molar-refractivity contribution is -0.140. The number of methoxy groups -OCH3 is 3. The maximum Gasteiger partial charge on any atom is 0.354 e. The van der Waals surface area contributed by atoms with Crippen molar-refractivity contribution < 1.29 is 33.7 Å². The molecule has 1 amide bonds. The molecule has 2 aromatic rings. The number of carbonyl (C=O) groups excluding carboxylic acids is 3. The monoisotopic (exact) mass is 499 g/mol. The van der Waals surface area contributed by atoms with Crippen molar-refractivity contribution in [3.8, 4) is 11.5 Å². The number of aromatic nitrogens is 1. The fourth-order valence-corrected chi connectivity index (χ4v) is 4.59. The number of benzene rings is 1. The van der Waals surface area contributed by atoms with Crippen LogP contribution >= 0.6 is 0 Å². The van der Waals surface area contributed by atoms with Crippen LogP contribution in [-0.2, 0) is 14.3 Å². The van der Waals surface area contributed by atoms with Gasteiger partial charge < -0.3 is 34.1 Å². The minimum absolute atomic E-state index is 0.0852. The van der Waals surface area contributed by atoms with Gasteiger partial charge in [-0.15, -0.1) is 0 Å². The van der Waals surface area contributed by atoms with Gasteiger partial charge in [0.2, 0.25) is 0 Å². The van der Waals surface area contributed by atoms with Gasteiger partial charge in [-0.3, -0.25) is 9.59 Å². The number of hydrogen-bond acceptors (Lipinski definition) is 8. The second-order valence-electron chi connectivity index (χ2n) is 8.87. The van der Waals surface area contributed by atoms with Crippen LogP contribution in [0.1, 0.15) is 45.3 Å². The molecule has 0 saturated carbocycles. The van der Waals surface area contributed by atoms with Crippen LogP contribution in [0.15, 0.2) is 23.8 Å². The van der Waals surface area contributed by atoms with Crippen LogP contribution in [-0.4, -0.2) is 86.1 Å². The van der Waals surface area contributed by atoms with Crippen molar-refractivity contribution in [1.82, 2.24) is 14.8 Å². The van der Waals surface area contributed by atoms with E-state index < -0.39 is 23.7 Å². The molecule has 194 valence electrons. The van der Waals surface area contributed by atoms with E-state index in [0.29, 0.717) is 41.3 Å². The van der Waals surface area contributed by atoms with Crippen LogP contribution in [0, 0.1) is 13.8 Å². The first-order chi connectivity index (χ1) is 17.1. The Kier molecular flexibility index (Phi) is 8.09. The highest BCUT2D eigenvalue weighted by Gasteiger charge is 2.47. The van der Waals surface area contributed by atoms with Gasteiger partial charge in [0.15, 0.2) is 0 Å². The Hall–Kier alpha value is -3.79. The van der Waals surface area contributed by atoms with E-state index in [4.69, 9.17) is 14.2 Å². The molecular formula is C26H33N3O7.